The van der Waals surface area contributed by atoms with Crippen LogP contribution in [0.25, 0.3) is 0 Å². The molecule has 0 aliphatic heterocycles. The number of aryl methyl sites for hydroxylation is 1. The van der Waals surface area contributed by atoms with Gasteiger partial charge in [-0.05, 0) is 112 Å². The number of rotatable bonds is 10. The molecule has 0 fully saturated rings. The molecule has 0 saturated heterocycles. The number of ether oxygens (including phenoxy) is 2. The molecule has 2 aromatic carbocycles. The molecule has 0 heterocycles. The number of likely N-dealkylation sites (N-methyl/N-ethyl adjacent to an activating group) is 1. The van der Waals surface area contributed by atoms with E-state index in [2.05, 4.69) is 43.0 Å². The third kappa shape index (κ3) is 6.79. The Morgan fingerprint density at radius 1 is 1.08 bits per heavy atom. The zero-order valence-corrected chi connectivity index (χ0v) is 23.3. The number of phenols is 1. The molecule has 0 spiro atoms. The molecule has 204 valence electrons. The molecule has 0 amide bonds. The van der Waals surface area contributed by atoms with Crippen LogP contribution in [0.3, 0.4) is 0 Å². The Morgan fingerprint density at radius 2 is 1.89 bits per heavy atom. The summed E-state index contributed by atoms with van der Waals surface area (Å²) in [6, 6.07) is 12.3. The fourth-order valence-corrected chi connectivity index (χ4v) is 5.28. The smallest absolute Gasteiger partial charge is 0.165 e. The minimum Gasteiger partial charge on any atom is -0.508 e. The molecule has 1 N–H and O–H groups in total. The van der Waals surface area contributed by atoms with Gasteiger partial charge in [0.05, 0.1) is 7.11 Å². The van der Waals surface area contributed by atoms with Gasteiger partial charge in [-0.2, -0.15) is 0 Å². The predicted octanol–water partition coefficient (Wildman–Crippen LogP) is 6.53. The minimum atomic E-state index is -0.325. The second-order valence-corrected chi connectivity index (χ2v) is 10.8. The standard InChI is InChI=1S/C32H41FN2O3/c1-22(2)35(21-23-7-6-8-32(30(33)17-23)38-16-15-34(3)4)31-20-28(37-5)13-14-29(31)26-10-9-25-19-27(36)12-11-24(25)18-26/h7-8,11-14,17,19-20,22,26,36H,6,9-10,15-16,18,21H2,1-5H3. The summed E-state index contributed by atoms with van der Waals surface area (Å²) < 4.78 is 26.5. The van der Waals surface area contributed by atoms with Crippen LogP contribution in [0.2, 0.25) is 0 Å². The van der Waals surface area contributed by atoms with Gasteiger partial charge in [0.15, 0.2) is 11.6 Å². The zero-order valence-electron chi connectivity index (χ0n) is 23.3. The van der Waals surface area contributed by atoms with Gasteiger partial charge in [-0.15, -0.1) is 0 Å². The number of benzene rings is 2. The molecule has 2 aromatic rings. The molecule has 4 rings (SSSR count). The Bertz CT molecular complexity index is 1220. The lowest BCUT2D eigenvalue weighted by Gasteiger charge is -2.35. The molecule has 1 atom stereocenters. The van der Waals surface area contributed by atoms with E-state index in [1.54, 1.807) is 19.3 Å². The Kier molecular flexibility index (Phi) is 9.16. The zero-order chi connectivity index (χ0) is 27.2. The third-order valence-electron chi connectivity index (χ3n) is 7.41. The highest BCUT2D eigenvalue weighted by Gasteiger charge is 2.26. The molecule has 0 bridgehead atoms. The summed E-state index contributed by atoms with van der Waals surface area (Å²) in [6.45, 7) is 6.12. The van der Waals surface area contributed by atoms with E-state index in [4.69, 9.17) is 9.47 Å². The number of allylic oxidation sites excluding steroid dienone is 3. The number of hydrogen-bond acceptors (Lipinski definition) is 5. The van der Waals surface area contributed by atoms with Gasteiger partial charge in [0, 0.05) is 30.9 Å². The van der Waals surface area contributed by atoms with Gasteiger partial charge >= 0.3 is 0 Å². The number of methoxy groups -OCH3 is 1. The van der Waals surface area contributed by atoms with Gasteiger partial charge in [0.1, 0.15) is 18.1 Å². The molecule has 2 aliphatic rings. The summed E-state index contributed by atoms with van der Waals surface area (Å²) in [5.74, 6) is 1.49. The number of aromatic hydroxyl groups is 1. The molecule has 6 heteroatoms. The summed E-state index contributed by atoms with van der Waals surface area (Å²) in [6.07, 6.45) is 9.02. The van der Waals surface area contributed by atoms with Gasteiger partial charge < -0.3 is 24.4 Å². The maximum absolute atomic E-state index is 15.2. The molecule has 38 heavy (non-hydrogen) atoms. The Balaban J connectivity index is 1.59. The second-order valence-electron chi connectivity index (χ2n) is 10.8. The number of hydrogen-bond donors (Lipinski definition) is 1. The quantitative estimate of drug-likeness (QED) is 0.386. The van der Waals surface area contributed by atoms with Crippen molar-refractivity contribution >= 4 is 5.69 Å². The van der Waals surface area contributed by atoms with Crippen LogP contribution in [0.4, 0.5) is 10.1 Å². The number of halogens is 1. The van der Waals surface area contributed by atoms with Gasteiger partial charge in [-0.25, -0.2) is 4.39 Å². The maximum Gasteiger partial charge on any atom is 0.165 e. The highest BCUT2D eigenvalue weighted by atomic mass is 19.1. The van der Waals surface area contributed by atoms with Crippen molar-refractivity contribution in [3.8, 4) is 11.5 Å². The van der Waals surface area contributed by atoms with Crippen molar-refractivity contribution < 1.29 is 19.0 Å². The van der Waals surface area contributed by atoms with E-state index in [9.17, 15) is 5.11 Å². The topological polar surface area (TPSA) is 45.2 Å². The van der Waals surface area contributed by atoms with E-state index in [1.165, 1.54) is 16.7 Å². The second kappa shape index (κ2) is 12.5. The van der Waals surface area contributed by atoms with E-state index in [0.29, 0.717) is 37.0 Å². The molecule has 0 aromatic heterocycles. The Hall–Kier alpha value is -3.25. The van der Waals surface area contributed by atoms with E-state index in [-0.39, 0.29) is 11.9 Å². The van der Waals surface area contributed by atoms with Crippen LogP contribution in [0, 0.1) is 0 Å². The summed E-state index contributed by atoms with van der Waals surface area (Å²) in [7, 11) is 5.64. The lowest BCUT2D eigenvalue weighted by atomic mass is 9.79. The van der Waals surface area contributed by atoms with Crippen molar-refractivity contribution in [2.24, 2.45) is 0 Å². The molecular weight excluding hydrogens is 479 g/mol. The fraction of sp³-hybridized carbons (Fsp3) is 0.438. The highest BCUT2D eigenvalue weighted by Crippen LogP contribution is 2.40. The SMILES string of the molecule is COc1ccc(C2CCc3cc(O)ccc3C2)c(N(CC2=CCC=C(OCCN(C)C)C(F)=C2)C(C)C)c1. The van der Waals surface area contributed by atoms with Crippen LogP contribution in [-0.4, -0.2) is 56.9 Å². The Morgan fingerprint density at radius 3 is 2.63 bits per heavy atom. The van der Waals surface area contributed by atoms with Gasteiger partial charge in [0.25, 0.3) is 0 Å². The van der Waals surface area contributed by atoms with Crippen molar-refractivity contribution in [3.63, 3.8) is 0 Å². The molecular formula is C32H41FN2O3. The number of anilines is 1. The van der Waals surface area contributed by atoms with Crippen molar-refractivity contribution in [1.82, 2.24) is 4.90 Å². The van der Waals surface area contributed by atoms with Crippen molar-refractivity contribution in [2.75, 3.05) is 45.8 Å². The normalized spacial score (nSPS) is 17.4. The average Bonchev–Trinajstić information content (AvgIpc) is 3.06. The number of fused-ring (bicyclic) bond motifs is 1. The van der Waals surface area contributed by atoms with E-state index < -0.39 is 0 Å². The van der Waals surface area contributed by atoms with Gasteiger partial charge in [-0.1, -0.05) is 18.2 Å². The first-order valence-corrected chi connectivity index (χ1v) is 13.5. The third-order valence-corrected chi connectivity index (χ3v) is 7.41. The van der Waals surface area contributed by atoms with E-state index in [0.717, 1.165) is 42.8 Å². The van der Waals surface area contributed by atoms with E-state index in [1.807, 2.05) is 37.2 Å². The Labute approximate surface area is 226 Å². The van der Waals surface area contributed by atoms with Gasteiger partial charge in [0.2, 0.25) is 0 Å². The van der Waals surface area contributed by atoms with Crippen molar-refractivity contribution in [2.45, 2.75) is 51.5 Å². The summed E-state index contributed by atoms with van der Waals surface area (Å²) in [5, 5.41) is 9.91. The first kappa shape index (κ1) is 27.8. The molecule has 5 nitrogen and oxygen atoms in total. The first-order chi connectivity index (χ1) is 18.2. The highest BCUT2D eigenvalue weighted by molar-refractivity contribution is 5.61. The fourth-order valence-electron chi connectivity index (χ4n) is 5.28. The van der Waals surface area contributed by atoms with Crippen molar-refractivity contribution in [1.29, 1.82) is 0 Å². The number of phenolic OH excluding ortho intramolecular Hbond substituents is 1. The predicted molar refractivity (Wildman–Crippen MR) is 153 cm³/mol. The average molecular weight is 521 g/mol. The molecule has 0 radical (unpaired) electrons. The van der Waals surface area contributed by atoms with E-state index >= 15 is 4.39 Å². The summed E-state index contributed by atoms with van der Waals surface area (Å²) >= 11 is 0. The first-order valence-electron chi connectivity index (χ1n) is 13.5. The van der Waals surface area contributed by atoms with Crippen LogP contribution in [-0.2, 0) is 17.6 Å². The minimum absolute atomic E-state index is 0.193. The summed E-state index contributed by atoms with van der Waals surface area (Å²) in [4.78, 5) is 4.36. The van der Waals surface area contributed by atoms with Crippen molar-refractivity contribution in [3.05, 3.63) is 88.5 Å². The largest absolute Gasteiger partial charge is 0.508 e. The summed E-state index contributed by atoms with van der Waals surface area (Å²) in [5.41, 5.74) is 5.86. The van der Waals surface area contributed by atoms with Gasteiger partial charge in [-0.3, -0.25) is 0 Å². The van der Waals surface area contributed by atoms with Crippen LogP contribution >= 0.6 is 0 Å². The lowest BCUT2D eigenvalue weighted by molar-refractivity contribution is 0.180. The lowest BCUT2D eigenvalue weighted by Crippen LogP contribution is -2.34. The van der Waals surface area contributed by atoms with Crippen LogP contribution in [0.15, 0.2) is 71.8 Å². The molecule has 0 saturated carbocycles. The van der Waals surface area contributed by atoms with Crippen LogP contribution in [0.1, 0.15) is 49.3 Å². The van der Waals surface area contributed by atoms with Crippen LogP contribution in [0.5, 0.6) is 11.5 Å². The molecule has 2 aliphatic carbocycles. The molecule has 1 unspecified atom stereocenters. The van der Waals surface area contributed by atoms with Crippen LogP contribution < -0.4 is 9.64 Å². The maximum atomic E-state index is 15.2. The number of nitrogens with zero attached hydrogens (tertiary/aromatic N) is 2. The monoisotopic (exact) mass is 520 g/mol.